The molecule has 0 aromatic carbocycles. The van der Waals surface area contributed by atoms with Crippen LogP contribution in [0.2, 0.25) is 0 Å². The van der Waals surface area contributed by atoms with Crippen LogP contribution in [-0.4, -0.2) is 6.25 Å². The summed E-state index contributed by atoms with van der Waals surface area (Å²) in [6, 6.07) is 0. The summed E-state index contributed by atoms with van der Waals surface area (Å²) in [5, 5.41) is 0. The molecular formula is C2Cl6S4. The number of alkyl halides is 6. The predicted octanol–water partition coefficient (Wildman–Crippen LogP) is 6.32. The molecule has 12 heavy (non-hydrogen) atoms. The van der Waals surface area contributed by atoms with E-state index in [-0.39, 0.29) is 0 Å². The zero-order chi connectivity index (χ0) is 9.83. The van der Waals surface area contributed by atoms with Crippen LogP contribution in [0.5, 0.6) is 0 Å². The highest BCUT2D eigenvalue weighted by atomic mass is 35.6. The second kappa shape index (κ2) is 6.66. The van der Waals surface area contributed by atoms with E-state index in [0.29, 0.717) is 0 Å². The van der Waals surface area contributed by atoms with Gasteiger partial charge in [-0.15, -0.1) is 0 Å². The summed E-state index contributed by atoms with van der Waals surface area (Å²) in [6.07, 6.45) is 0. The van der Waals surface area contributed by atoms with Gasteiger partial charge in [-0.05, 0) is 41.2 Å². The van der Waals surface area contributed by atoms with Gasteiger partial charge in [0.25, 0.3) is 0 Å². The average molecular weight is 365 g/mol. The maximum atomic E-state index is 5.43. The molecule has 0 rings (SSSR count). The Morgan fingerprint density at radius 2 is 0.833 bits per heavy atom. The van der Waals surface area contributed by atoms with Gasteiger partial charge < -0.3 is 0 Å². The minimum atomic E-state index is -1.34. The molecule has 0 aliphatic carbocycles. The molecule has 0 aromatic rings. The van der Waals surface area contributed by atoms with Crippen LogP contribution in [0.25, 0.3) is 0 Å². The molecule has 0 saturated heterocycles. The zero-order valence-corrected chi connectivity index (χ0v) is 12.7. The molecule has 0 heterocycles. The fraction of sp³-hybridized carbons (Fsp3) is 1.00. The van der Waals surface area contributed by atoms with Crippen LogP contribution >= 0.6 is 111 Å². The monoisotopic (exact) mass is 362 g/mol. The normalized spacial score (nSPS) is 13.5. The molecule has 0 bridgehead atoms. The minimum absolute atomic E-state index is 1.05. The van der Waals surface area contributed by atoms with E-state index in [9.17, 15) is 0 Å². The van der Waals surface area contributed by atoms with Crippen molar-refractivity contribution in [1.82, 2.24) is 0 Å². The largest absolute Gasteiger partial charge is 0.248 e. The Balaban J connectivity index is 3.35. The van der Waals surface area contributed by atoms with Gasteiger partial charge in [0.2, 0.25) is 6.25 Å². The van der Waals surface area contributed by atoms with Crippen LogP contribution < -0.4 is 0 Å². The van der Waals surface area contributed by atoms with Crippen LogP contribution in [0, 0.1) is 0 Å². The van der Waals surface area contributed by atoms with Crippen molar-refractivity contribution in [2.75, 3.05) is 0 Å². The van der Waals surface area contributed by atoms with Crippen LogP contribution in [0.1, 0.15) is 0 Å². The van der Waals surface area contributed by atoms with Crippen molar-refractivity contribution in [2.45, 2.75) is 6.25 Å². The molecule has 0 amide bonds. The van der Waals surface area contributed by atoms with Crippen molar-refractivity contribution >= 4 is 111 Å². The molecule has 74 valence electrons. The Morgan fingerprint density at radius 1 is 0.583 bits per heavy atom. The van der Waals surface area contributed by atoms with Crippen molar-refractivity contribution in [3.63, 3.8) is 0 Å². The fourth-order valence-electron chi connectivity index (χ4n) is 0.105. The SMILES string of the molecule is ClC(Cl)(Cl)SSSSC(Cl)(Cl)Cl. The Labute approximate surface area is 116 Å². The number of hydrogen-bond acceptors (Lipinski definition) is 4. The van der Waals surface area contributed by atoms with Crippen LogP contribution in [0.4, 0.5) is 0 Å². The quantitative estimate of drug-likeness (QED) is 0.326. The van der Waals surface area contributed by atoms with Gasteiger partial charge in [-0.3, -0.25) is 0 Å². The highest BCUT2D eigenvalue weighted by Crippen LogP contribution is 2.58. The second-order valence-corrected chi connectivity index (χ2v) is 13.2. The van der Waals surface area contributed by atoms with E-state index < -0.39 is 6.25 Å². The van der Waals surface area contributed by atoms with E-state index in [1.165, 1.54) is 19.7 Å². The molecule has 0 nitrogen and oxygen atoms in total. The van der Waals surface area contributed by atoms with Crippen molar-refractivity contribution in [2.24, 2.45) is 0 Å². The van der Waals surface area contributed by atoms with Crippen LogP contribution in [-0.2, 0) is 0 Å². The Morgan fingerprint density at radius 3 is 1.00 bits per heavy atom. The first-order valence-corrected chi connectivity index (χ1v) is 9.13. The van der Waals surface area contributed by atoms with E-state index in [0.717, 1.165) is 21.6 Å². The van der Waals surface area contributed by atoms with Crippen LogP contribution in [0.3, 0.4) is 0 Å². The molecule has 0 fully saturated rings. The summed E-state index contributed by atoms with van der Waals surface area (Å²) in [5.41, 5.74) is 0. The first kappa shape index (κ1) is 15.1. The van der Waals surface area contributed by atoms with Gasteiger partial charge in [-0.2, -0.15) is 0 Å². The summed E-state index contributed by atoms with van der Waals surface area (Å²) >= 11 is 32.6. The van der Waals surface area contributed by atoms with E-state index in [2.05, 4.69) is 0 Å². The van der Waals surface area contributed by atoms with Crippen molar-refractivity contribution in [1.29, 1.82) is 0 Å². The molecule has 10 heteroatoms. The standard InChI is InChI=1S/C2Cl6S4/c3-1(4,5)9-11-12-10-2(6,7)8. The first-order valence-electron chi connectivity index (χ1n) is 2.04. The molecule has 0 atom stereocenters. The molecule has 0 aromatic heterocycles. The lowest BCUT2D eigenvalue weighted by atomic mass is 11.8. The molecule has 0 unspecified atom stereocenters. The van der Waals surface area contributed by atoms with Gasteiger partial charge in [0, 0.05) is 0 Å². The van der Waals surface area contributed by atoms with E-state index in [4.69, 9.17) is 69.6 Å². The van der Waals surface area contributed by atoms with Gasteiger partial charge in [0.05, 0.1) is 0 Å². The summed E-state index contributed by atoms with van der Waals surface area (Å²) < 4.78 is -2.68. The Kier molecular flexibility index (Phi) is 8.41. The molecule has 0 radical (unpaired) electrons. The molecule has 0 aliphatic heterocycles. The third-order valence-electron chi connectivity index (χ3n) is 0.285. The maximum Gasteiger partial charge on any atom is 0.248 e. The van der Waals surface area contributed by atoms with E-state index in [1.54, 1.807) is 0 Å². The summed E-state index contributed by atoms with van der Waals surface area (Å²) in [6.45, 7) is 0. The minimum Gasteiger partial charge on any atom is -0.0709 e. The Hall–Kier alpha value is 3.14. The smallest absolute Gasteiger partial charge is 0.0709 e. The van der Waals surface area contributed by atoms with Gasteiger partial charge in [-0.1, -0.05) is 69.6 Å². The lowest BCUT2D eigenvalue weighted by Crippen LogP contribution is -1.89. The van der Waals surface area contributed by atoms with Gasteiger partial charge in [0.1, 0.15) is 0 Å². The summed E-state index contributed by atoms with van der Waals surface area (Å²) in [4.78, 5) is 0. The van der Waals surface area contributed by atoms with Crippen molar-refractivity contribution in [3.8, 4) is 0 Å². The average Bonchev–Trinajstić information content (AvgIpc) is 1.76. The third kappa shape index (κ3) is 13.1. The van der Waals surface area contributed by atoms with E-state index >= 15 is 0 Å². The first-order chi connectivity index (χ1) is 5.21. The number of hydrogen-bond donors (Lipinski definition) is 0. The van der Waals surface area contributed by atoms with Gasteiger partial charge in [-0.25, -0.2) is 0 Å². The number of rotatable bonds is 3. The molecule has 0 saturated carbocycles. The van der Waals surface area contributed by atoms with Crippen molar-refractivity contribution in [3.05, 3.63) is 0 Å². The lowest BCUT2D eigenvalue weighted by molar-refractivity contribution is 1.81. The summed E-state index contributed by atoms with van der Waals surface area (Å²) in [7, 11) is 4.58. The molecule has 0 aliphatic rings. The lowest BCUT2D eigenvalue weighted by Gasteiger charge is -2.10. The second-order valence-electron chi connectivity index (χ2n) is 1.19. The highest BCUT2D eigenvalue weighted by Gasteiger charge is 2.24. The van der Waals surface area contributed by atoms with Gasteiger partial charge >= 0.3 is 0 Å². The summed E-state index contributed by atoms with van der Waals surface area (Å²) in [5.74, 6) is 0. The Bertz CT molecular complexity index is 110. The fourth-order valence-corrected chi connectivity index (χ4v) is 8.50. The van der Waals surface area contributed by atoms with E-state index in [1.807, 2.05) is 0 Å². The topological polar surface area (TPSA) is 0 Å². The molecule has 0 N–H and O–H groups in total. The molecule has 0 spiro atoms. The van der Waals surface area contributed by atoms with Crippen LogP contribution in [0.15, 0.2) is 0 Å². The molecular weight excluding hydrogens is 365 g/mol. The van der Waals surface area contributed by atoms with Crippen molar-refractivity contribution < 1.29 is 0 Å². The van der Waals surface area contributed by atoms with Gasteiger partial charge in [0.15, 0.2) is 0 Å². The maximum absolute atomic E-state index is 5.43. The predicted molar refractivity (Wildman–Crippen MR) is 70.9 cm³/mol. The zero-order valence-electron chi connectivity index (χ0n) is 4.90. The number of halogens is 6. The highest BCUT2D eigenvalue weighted by molar-refractivity contribution is 9.26. The third-order valence-corrected chi connectivity index (χ3v) is 9.19.